The molecule has 2 heterocycles. The molecule has 0 fully saturated rings. The summed E-state index contributed by atoms with van der Waals surface area (Å²) < 4.78 is 29.3. The van der Waals surface area contributed by atoms with Gasteiger partial charge in [-0.3, -0.25) is 4.79 Å². The average Bonchev–Trinajstić information content (AvgIpc) is 3.11. The number of carbonyl (C=O) groups is 1. The lowest BCUT2D eigenvalue weighted by Crippen LogP contribution is -2.34. The number of sulfonamides is 1. The topological polar surface area (TPSA) is 79.6 Å². The molecule has 0 bridgehead atoms. The molecule has 0 saturated heterocycles. The third-order valence-corrected chi connectivity index (χ3v) is 8.45. The Kier molecular flexibility index (Phi) is 6.67. The van der Waals surface area contributed by atoms with Crippen molar-refractivity contribution in [2.75, 3.05) is 18.8 Å². The van der Waals surface area contributed by atoms with Crippen molar-refractivity contribution in [2.45, 2.75) is 29.7 Å². The molecular weight excluding hydrogens is 468 g/mol. The van der Waals surface area contributed by atoms with E-state index in [1.807, 2.05) is 30.5 Å². The zero-order valence-electron chi connectivity index (χ0n) is 17.5. The molecule has 168 valence electrons. The van der Waals surface area contributed by atoms with Crippen molar-refractivity contribution in [2.24, 2.45) is 0 Å². The van der Waals surface area contributed by atoms with Gasteiger partial charge in [0.05, 0.1) is 10.4 Å². The fourth-order valence-electron chi connectivity index (χ4n) is 3.93. The highest BCUT2D eigenvalue weighted by Gasteiger charge is 2.27. The lowest BCUT2D eigenvalue weighted by Gasteiger charge is -2.26. The van der Waals surface area contributed by atoms with Crippen LogP contribution in [0.2, 0.25) is 5.02 Å². The Morgan fingerprint density at radius 2 is 1.94 bits per heavy atom. The number of aromatic nitrogens is 1. The molecule has 2 aromatic carbocycles. The molecule has 9 heteroatoms. The van der Waals surface area contributed by atoms with E-state index in [9.17, 15) is 18.3 Å². The predicted molar refractivity (Wildman–Crippen MR) is 129 cm³/mol. The highest BCUT2D eigenvalue weighted by atomic mass is 35.5. The molecule has 1 aliphatic rings. The number of hydrogen-bond donors (Lipinski definition) is 1. The molecule has 0 spiro atoms. The Balaban J connectivity index is 1.61. The molecular formula is C23H23ClN2O4S2. The number of benzene rings is 2. The zero-order valence-corrected chi connectivity index (χ0v) is 19.9. The largest absolute Gasteiger partial charge is 0.480 e. The van der Waals surface area contributed by atoms with Gasteiger partial charge in [-0.25, -0.2) is 8.42 Å². The van der Waals surface area contributed by atoms with Gasteiger partial charge in [0.25, 0.3) is 0 Å². The number of nitrogens with zero attached hydrogens (tertiary/aromatic N) is 2. The van der Waals surface area contributed by atoms with Gasteiger partial charge in [-0.15, -0.1) is 11.8 Å². The first-order chi connectivity index (χ1) is 15.3. The van der Waals surface area contributed by atoms with E-state index >= 15 is 0 Å². The smallest absolute Gasteiger partial charge is 0.323 e. The number of carboxylic acids is 1. The Hall–Kier alpha value is -2.26. The number of rotatable bonds is 7. The van der Waals surface area contributed by atoms with Gasteiger partial charge < -0.3 is 9.67 Å². The Labute approximate surface area is 196 Å². The fraction of sp³-hybridized carbons (Fsp3) is 0.261. The Morgan fingerprint density at radius 1 is 1.19 bits per heavy atom. The second kappa shape index (κ2) is 9.31. The molecule has 1 aromatic heterocycles. The summed E-state index contributed by atoms with van der Waals surface area (Å²) in [5, 5.41) is 10.7. The van der Waals surface area contributed by atoms with Gasteiger partial charge in [0.2, 0.25) is 10.0 Å². The van der Waals surface area contributed by atoms with E-state index < -0.39 is 16.0 Å². The van der Waals surface area contributed by atoms with Crippen LogP contribution in [0.4, 0.5) is 0 Å². The van der Waals surface area contributed by atoms with Crippen molar-refractivity contribution >= 4 is 55.8 Å². The van der Waals surface area contributed by atoms with Crippen molar-refractivity contribution in [1.29, 1.82) is 0 Å². The predicted octanol–water partition coefficient (Wildman–Crippen LogP) is 4.97. The molecule has 1 N–H and O–H groups in total. The minimum atomic E-state index is -3.58. The fourth-order valence-corrected chi connectivity index (χ4v) is 6.14. The number of hydrogen-bond acceptors (Lipinski definition) is 4. The number of aliphatic carboxylic acids is 1. The normalized spacial score (nSPS) is 15.1. The summed E-state index contributed by atoms with van der Waals surface area (Å²) in [6, 6.07) is 12.4. The van der Waals surface area contributed by atoms with Crippen LogP contribution in [0.3, 0.4) is 0 Å². The van der Waals surface area contributed by atoms with Gasteiger partial charge in [0, 0.05) is 40.2 Å². The Bertz CT molecular complexity index is 1300. The summed E-state index contributed by atoms with van der Waals surface area (Å²) in [4.78, 5) is 12.6. The first kappa shape index (κ1) is 22.9. The first-order valence-corrected chi connectivity index (χ1v) is 13.0. The van der Waals surface area contributed by atoms with E-state index in [2.05, 4.69) is 6.92 Å². The number of carboxylic acid groups (broad SMARTS) is 1. The van der Waals surface area contributed by atoms with E-state index in [1.165, 1.54) is 4.31 Å². The van der Waals surface area contributed by atoms with Crippen LogP contribution in [0.25, 0.3) is 16.5 Å². The molecule has 0 saturated carbocycles. The van der Waals surface area contributed by atoms with Crippen LogP contribution in [-0.4, -0.2) is 47.2 Å². The van der Waals surface area contributed by atoms with Crippen LogP contribution < -0.4 is 0 Å². The third kappa shape index (κ3) is 4.59. The molecule has 0 aliphatic carbocycles. The summed E-state index contributed by atoms with van der Waals surface area (Å²) >= 11 is 7.80. The van der Waals surface area contributed by atoms with E-state index in [1.54, 1.807) is 40.6 Å². The molecule has 6 nitrogen and oxygen atoms in total. The summed E-state index contributed by atoms with van der Waals surface area (Å²) in [6.45, 7) is 2.51. The van der Waals surface area contributed by atoms with Gasteiger partial charge in [-0.05, 0) is 54.1 Å². The maximum Gasteiger partial charge on any atom is 0.323 e. The molecule has 0 atom stereocenters. The van der Waals surface area contributed by atoms with Crippen molar-refractivity contribution in [3.05, 3.63) is 65.3 Å². The van der Waals surface area contributed by atoms with Gasteiger partial charge in [-0.2, -0.15) is 4.31 Å². The first-order valence-electron chi connectivity index (χ1n) is 10.2. The average molecular weight is 491 g/mol. The van der Waals surface area contributed by atoms with Crippen molar-refractivity contribution in [1.82, 2.24) is 8.87 Å². The highest BCUT2D eigenvalue weighted by molar-refractivity contribution is 7.99. The third-order valence-electron chi connectivity index (χ3n) is 5.44. The molecule has 1 aliphatic heterocycles. The van der Waals surface area contributed by atoms with Crippen LogP contribution in [0.15, 0.2) is 64.5 Å². The highest BCUT2D eigenvalue weighted by Crippen LogP contribution is 2.33. The molecule has 3 aromatic rings. The van der Waals surface area contributed by atoms with E-state index in [0.717, 1.165) is 32.7 Å². The zero-order chi connectivity index (χ0) is 22.9. The molecule has 4 rings (SSSR count). The van der Waals surface area contributed by atoms with Crippen LogP contribution in [-0.2, 0) is 21.4 Å². The van der Waals surface area contributed by atoms with Gasteiger partial charge in [-0.1, -0.05) is 30.7 Å². The number of thioether (sulfide) groups is 1. The lowest BCUT2D eigenvalue weighted by molar-refractivity contribution is -0.137. The number of fused-ring (bicyclic) bond motifs is 1. The number of halogens is 1. The second-order valence-corrected chi connectivity index (χ2v) is 11.2. The molecule has 32 heavy (non-hydrogen) atoms. The maximum absolute atomic E-state index is 13.1. The minimum Gasteiger partial charge on any atom is -0.480 e. The lowest BCUT2D eigenvalue weighted by atomic mass is 10.00. The maximum atomic E-state index is 13.1. The molecule has 0 radical (unpaired) electrons. The second-order valence-electron chi connectivity index (χ2n) is 7.47. The SMILES string of the molecule is CCSc1ccc(S(=O)(=O)N2CC=C(c3cn(CC(=O)O)c4cc(Cl)ccc34)CC2)cc1. The van der Waals surface area contributed by atoms with E-state index in [4.69, 9.17) is 11.6 Å². The van der Waals surface area contributed by atoms with Gasteiger partial charge >= 0.3 is 5.97 Å². The van der Waals surface area contributed by atoms with Crippen LogP contribution >= 0.6 is 23.4 Å². The van der Waals surface area contributed by atoms with Gasteiger partial charge in [0.15, 0.2) is 0 Å². The van der Waals surface area contributed by atoms with Crippen molar-refractivity contribution in [3.63, 3.8) is 0 Å². The summed E-state index contributed by atoms with van der Waals surface area (Å²) in [7, 11) is -3.58. The van der Waals surface area contributed by atoms with Crippen LogP contribution in [0, 0.1) is 0 Å². The standard InChI is InChI=1S/C23H23ClN2O4S2/c1-2-31-18-4-6-19(7-5-18)32(29,30)26-11-9-16(10-12-26)21-14-25(15-23(27)28)22-13-17(24)3-8-20(21)22/h3-9,13-14H,2,10-12,15H2,1H3,(H,27,28). The van der Waals surface area contributed by atoms with E-state index in [-0.39, 0.29) is 13.1 Å². The van der Waals surface area contributed by atoms with Crippen molar-refractivity contribution < 1.29 is 18.3 Å². The molecule has 0 unspecified atom stereocenters. The van der Waals surface area contributed by atoms with Crippen molar-refractivity contribution in [3.8, 4) is 0 Å². The quantitative estimate of drug-likeness (QED) is 0.473. The van der Waals surface area contributed by atoms with Crippen LogP contribution in [0.5, 0.6) is 0 Å². The summed E-state index contributed by atoms with van der Waals surface area (Å²) in [6.07, 6.45) is 4.27. The monoisotopic (exact) mass is 490 g/mol. The Morgan fingerprint density at radius 3 is 2.56 bits per heavy atom. The van der Waals surface area contributed by atoms with Gasteiger partial charge in [0.1, 0.15) is 6.54 Å². The van der Waals surface area contributed by atoms with E-state index in [0.29, 0.717) is 22.9 Å². The summed E-state index contributed by atoms with van der Waals surface area (Å²) in [5.41, 5.74) is 2.66. The van der Waals surface area contributed by atoms with Crippen LogP contribution in [0.1, 0.15) is 18.9 Å². The molecule has 0 amide bonds. The summed E-state index contributed by atoms with van der Waals surface area (Å²) in [5.74, 6) is -0.00685. The minimum absolute atomic E-state index is 0.170.